The van der Waals surface area contributed by atoms with Crippen LogP contribution in [0.5, 0.6) is 0 Å². The second-order valence-electron chi connectivity index (χ2n) is 5.55. The number of hydrogen-bond acceptors (Lipinski definition) is 5. The molecule has 0 aliphatic carbocycles. The number of nitrogens with one attached hydrogen (secondary N) is 1. The summed E-state index contributed by atoms with van der Waals surface area (Å²) in [6.45, 7) is 7.50. The summed E-state index contributed by atoms with van der Waals surface area (Å²) >= 11 is 0. The maximum Gasteiger partial charge on any atom is 0.331 e. The molecule has 6 heteroatoms. The number of rotatable bonds is 8. The van der Waals surface area contributed by atoms with Crippen molar-refractivity contribution in [3.8, 4) is 0 Å². The van der Waals surface area contributed by atoms with Crippen molar-refractivity contribution in [3.05, 3.63) is 42.0 Å². The fraction of sp³-hybridized carbons (Fsp3) is 0.421. The van der Waals surface area contributed by atoms with Gasteiger partial charge in [0.05, 0.1) is 6.61 Å². The van der Waals surface area contributed by atoms with Crippen LogP contribution in [-0.2, 0) is 23.9 Å². The number of para-hydroxylation sites is 1. The molecule has 0 bridgehead atoms. The molecule has 0 fully saturated rings. The normalized spacial score (nSPS) is 13.1. The zero-order valence-electron chi connectivity index (χ0n) is 15.1. The smallest absolute Gasteiger partial charge is 0.331 e. The zero-order chi connectivity index (χ0) is 18.8. The molecule has 0 spiro atoms. The first-order valence-corrected chi connectivity index (χ1v) is 8.34. The highest BCUT2D eigenvalue weighted by molar-refractivity contribution is 5.97. The van der Waals surface area contributed by atoms with Crippen molar-refractivity contribution in [2.45, 2.75) is 46.1 Å². The third-order valence-electron chi connectivity index (χ3n) is 3.67. The summed E-state index contributed by atoms with van der Waals surface area (Å²) in [5.41, 5.74) is 1.73. The molecule has 0 aliphatic rings. The summed E-state index contributed by atoms with van der Waals surface area (Å²) in [5.74, 6) is -1.57. The number of carbonyl (C=O) groups is 3. The molecule has 0 heterocycles. The van der Waals surface area contributed by atoms with Gasteiger partial charge >= 0.3 is 11.9 Å². The summed E-state index contributed by atoms with van der Waals surface area (Å²) in [7, 11) is 0. The first-order chi connectivity index (χ1) is 11.9. The van der Waals surface area contributed by atoms with Crippen LogP contribution in [0.25, 0.3) is 0 Å². The van der Waals surface area contributed by atoms with E-state index in [0.29, 0.717) is 11.6 Å². The Morgan fingerprint density at radius 2 is 1.72 bits per heavy atom. The maximum absolute atomic E-state index is 12.2. The quantitative estimate of drug-likeness (QED) is 0.577. The minimum atomic E-state index is -0.996. The van der Waals surface area contributed by atoms with Gasteiger partial charge in [0.2, 0.25) is 0 Å². The minimum absolute atomic E-state index is 0.215. The molecular formula is C19H25NO5. The second kappa shape index (κ2) is 10.3. The highest BCUT2D eigenvalue weighted by atomic mass is 16.5. The van der Waals surface area contributed by atoms with Crippen molar-refractivity contribution >= 4 is 23.5 Å². The number of esters is 2. The standard InChI is InChI=1S/C19H25NO5/c1-5-13(3)15-9-7-8-10-16(15)20-19(23)14(4)25-18(22)12-11-17(21)24-6-2/h7-14H,5-6H2,1-4H3,(H,20,23)/b12-11+/t13-,14+/m0/s1. The van der Waals surface area contributed by atoms with E-state index in [-0.39, 0.29) is 6.61 Å². The summed E-state index contributed by atoms with van der Waals surface area (Å²) in [4.78, 5) is 35.0. The summed E-state index contributed by atoms with van der Waals surface area (Å²) in [5, 5.41) is 2.78. The molecule has 0 aliphatic heterocycles. The molecule has 1 N–H and O–H groups in total. The van der Waals surface area contributed by atoms with E-state index in [1.807, 2.05) is 24.3 Å². The zero-order valence-corrected chi connectivity index (χ0v) is 15.1. The van der Waals surface area contributed by atoms with Crippen LogP contribution in [0.15, 0.2) is 36.4 Å². The first kappa shape index (κ1) is 20.4. The Morgan fingerprint density at radius 1 is 1.08 bits per heavy atom. The van der Waals surface area contributed by atoms with Crippen molar-refractivity contribution in [1.82, 2.24) is 0 Å². The van der Waals surface area contributed by atoms with E-state index in [4.69, 9.17) is 4.74 Å². The van der Waals surface area contributed by atoms with Crippen LogP contribution in [0.2, 0.25) is 0 Å². The van der Waals surface area contributed by atoms with Gasteiger partial charge in [-0.25, -0.2) is 9.59 Å². The van der Waals surface area contributed by atoms with E-state index in [0.717, 1.165) is 24.1 Å². The number of anilines is 1. The van der Waals surface area contributed by atoms with Crippen LogP contribution in [0.4, 0.5) is 5.69 Å². The molecule has 2 atom stereocenters. The molecule has 25 heavy (non-hydrogen) atoms. The lowest BCUT2D eigenvalue weighted by Gasteiger charge is -2.17. The number of ether oxygens (including phenoxy) is 2. The van der Waals surface area contributed by atoms with Gasteiger partial charge in [-0.1, -0.05) is 32.0 Å². The number of amides is 1. The van der Waals surface area contributed by atoms with Crippen LogP contribution in [0.1, 0.15) is 45.6 Å². The van der Waals surface area contributed by atoms with E-state index in [1.165, 1.54) is 6.92 Å². The third kappa shape index (κ3) is 6.79. The average molecular weight is 347 g/mol. The highest BCUT2D eigenvalue weighted by Gasteiger charge is 2.19. The molecule has 1 aromatic rings. The summed E-state index contributed by atoms with van der Waals surface area (Å²) < 4.78 is 9.65. The molecule has 1 amide bonds. The molecule has 0 saturated carbocycles. The molecular weight excluding hydrogens is 322 g/mol. The predicted octanol–water partition coefficient (Wildman–Crippen LogP) is 3.19. The Labute approximate surface area is 148 Å². The van der Waals surface area contributed by atoms with Crippen LogP contribution in [0, 0.1) is 0 Å². The van der Waals surface area contributed by atoms with Gasteiger partial charge in [0.15, 0.2) is 6.10 Å². The fourth-order valence-electron chi connectivity index (χ4n) is 2.09. The van der Waals surface area contributed by atoms with Gasteiger partial charge in [0, 0.05) is 17.8 Å². The maximum atomic E-state index is 12.2. The average Bonchev–Trinajstić information content (AvgIpc) is 2.60. The lowest BCUT2D eigenvalue weighted by molar-refractivity contribution is -0.148. The molecule has 0 unspecified atom stereocenters. The molecule has 1 aromatic carbocycles. The number of hydrogen-bond donors (Lipinski definition) is 1. The predicted molar refractivity (Wildman–Crippen MR) is 95.1 cm³/mol. The Kier molecular flexibility index (Phi) is 8.39. The summed E-state index contributed by atoms with van der Waals surface area (Å²) in [6.07, 6.45) is 1.85. The monoisotopic (exact) mass is 347 g/mol. The van der Waals surface area contributed by atoms with Crippen LogP contribution in [0.3, 0.4) is 0 Å². The molecule has 0 radical (unpaired) electrons. The number of carbonyl (C=O) groups excluding carboxylic acids is 3. The van der Waals surface area contributed by atoms with E-state index in [2.05, 4.69) is 23.9 Å². The Morgan fingerprint density at radius 3 is 2.36 bits per heavy atom. The largest absolute Gasteiger partial charge is 0.463 e. The highest BCUT2D eigenvalue weighted by Crippen LogP contribution is 2.26. The van der Waals surface area contributed by atoms with E-state index >= 15 is 0 Å². The Bertz CT molecular complexity index is 638. The Balaban J connectivity index is 2.66. The fourth-order valence-corrected chi connectivity index (χ4v) is 2.09. The minimum Gasteiger partial charge on any atom is -0.463 e. The van der Waals surface area contributed by atoms with Crippen molar-refractivity contribution < 1.29 is 23.9 Å². The van der Waals surface area contributed by atoms with Crippen molar-refractivity contribution in [1.29, 1.82) is 0 Å². The SMILES string of the molecule is CCOC(=O)/C=C/C(=O)O[C@H](C)C(=O)Nc1ccccc1[C@@H](C)CC. The van der Waals surface area contributed by atoms with Crippen molar-refractivity contribution in [2.24, 2.45) is 0 Å². The number of benzene rings is 1. The molecule has 136 valence electrons. The van der Waals surface area contributed by atoms with Gasteiger partial charge in [-0.05, 0) is 37.8 Å². The van der Waals surface area contributed by atoms with E-state index in [9.17, 15) is 14.4 Å². The second-order valence-corrected chi connectivity index (χ2v) is 5.55. The lowest BCUT2D eigenvalue weighted by Crippen LogP contribution is -2.30. The molecule has 1 rings (SSSR count). The molecule has 0 saturated heterocycles. The third-order valence-corrected chi connectivity index (χ3v) is 3.67. The summed E-state index contributed by atoms with van der Waals surface area (Å²) in [6, 6.07) is 7.53. The van der Waals surface area contributed by atoms with E-state index < -0.39 is 23.9 Å². The van der Waals surface area contributed by atoms with Crippen LogP contribution in [-0.4, -0.2) is 30.6 Å². The topological polar surface area (TPSA) is 81.7 Å². The van der Waals surface area contributed by atoms with Crippen molar-refractivity contribution in [2.75, 3.05) is 11.9 Å². The van der Waals surface area contributed by atoms with Crippen LogP contribution < -0.4 is 5.32 Å². The first-order valence-electron chi connectivity index (χ1n) is 8.34. The molecule has 6 nitrogen and oxygen atoms in total. The Hall–Kier alpha value is -2.63. The van der Waals surface area contributed by atoms with Crippen LogP contribution >= 0.6 is 0 Å². The van der Waals surface area contributed by atoms with Gasteiger partial charge in [-0.2, -0.15) is 0 Å². The van der Waals surface area contributed by atoms with Gasteiger partial charge in [-0.3, -0.25) is 4.79 Å². The van der Waals surface area contributed by atoms with E-state index in [1.54, 1.807) is 6.92 Å². The van der Waals surface area contributed by atoms with Gasteiger partial charge < -0.3 is 14.8 Å². The van der Waals surface area contributed by atoms with Gasteiger partial charge in [0.25, 0.3) is 5.91 Å². The van der Waals surface area contributed by atoms with Crippen molar-refractivity contribution in [3.63, 3.8) is 0 Å². The molecule has 0 aromatic heterocycles. The van der Waals surface area contributed by atoms with Gasteiger partial charge in [0.1, 0.15) is 0 Å². The lowest BCUT2D eigenvalue weighted by atomic mass is 9.97. The van der Waals surface area contributed by atoms with Gasteiger partial charge in [-0.15, -0.1) is 0 Å².